The molecule has 0 unspecified atom stereocenters. The SMILES string of the molecule is CN1CCC[C@@H]1CCOc1ccccc1CCC1CCCCC1. The first kappa shape index (κ1) is 16.8. The number of nitrogens with zero attached hydrogens (tertiary/aromatic N) is 1. The van der Waals surface area contributed by atoms with Crippen LogP contribution in [0.2, 0.25) is 0 Å². The molecule has 1 atom stereocenters. The van der Waals surface area contributed by atoms with E-state index in [1.165, 1.54) is 69.9 Å². The Hall–Kier alpha value is -1.02. The number of hydrogen-bond donors (Lipinski definition) is 0. The van der Waals surface area contributed by atoms with Gasteiger partial charge < -0.3 is 9.64 Å². The Morgan fingerprint density at radius 3 is 2.61 bits per heavy atom. The standard InChI is InChI=1S/C21H33NO/c1-22-16-7-11-20(22)15-17-23-21-12-6-5-10-19(21)14-13-18-8-3-2-4-9-18/h5-6,10,12,18,20H,2-4,7-9,11,13-17H2,1H3/t20-/m1/s1. The first-order valence-corrected chi connectivity index (χ1v) is 9.74. The maximum atomic E-state index is 6.16. The highest BCUT2D eigenvalue weighted by Gasteiger charge is 2.20. The predicted octanol–water partition coefficient (Wildman–Crippen LogP) is 5.06. The summed E-state index contributed by atoms with van der Waals surface area (Å²) in [5.41, 5.74) is 1.41. The van der Waals surface area contributed by atoms with Crippen molar-refractivity contribution in [1.29, 1.82) is 0 Å². The lowest BCUT2D eigenvalue weighted by Gasteiger charge is -2.22. The Morgan fingerprint density at radius 2 is 1.83 bits per heavy atom. The van der Waals surface area contributed by atoms with Crippen LogP contribution in [-0.4, -0.2) is 31.1 Å². The van der Waals surface area contributed by atoms with Gasteiger partial charge in [0.25, 0.3) is 0 Å². The van der Waals surface area contributed by atoms with Gasteiger partial charge in [-0.2, -0.15) is 0 Å². The molecular weight excluding hydrogens is 282 g/mol. The van der Waals surface area contributed by atoms with Gasteiger partial charge in [0.1, 0.15) is 5.75 Å². The molecule has 2 fully saturated rings. The van der Waals surface area contributed by atoms with Crippen LogP contribution < -0.4 is 4.74 Å². The van der Waals surface area contributed by atoms with Crippen LogP contribution in [0.25, 0.3) is 0 Å². The second-order valence-electron chi connectivity index (χ2n) is 7.56. The van der Waals surface area contributed by atoms with Gasteiger partial charge >= 0.3 is 0 Å². The third kappa shape index (κ3) is 4.97. The van der Waals surface area contributed by atoms with E-state index in [0.29, 0.717) is 0 Å². The molecule has 0 spiro atoms. The number of ether oxygens (including phenoxy) is 1. The third-order valence-electron chi connectivity index (χ3n) is 5.90. The van der Waals surface area contributed by atoms with Crippen molar-refractivity contribution >= 4 is 0 Å². The van der Waals surface area contributed by atoms with E-state index in [-0.39, 0.29) is 0 Å². The Labute approximate surface area is 142 Å². The summed E-state index contributed by atoms with van der Waals surface area (Å²) in [5.74, 6) is 2.08. The molecule has 1 saturated carbocycles. The molecule has 2 aliphatic rings. The van der Waals surface area contributed by atoms with Crippen molar-refractivity contribution in [3.63, 3.8) is 0 Å². The lowest BCUT2D eigenvalue weighted by atomic mass is 9.85. The van der Waals surface area contributed by atoms with E-state index in [2.05, 4.69) is 36.2 Å². The predicted molar refractivity (Wildman–Crippen MR) is 97.1 cm³/mol. The smallest absolute Gasteiger partial charge is 0.122 e. The van der Waals surface area contributed by atoms with Gasteiger partial charge in [-0.25, -0.2) is 0 Å². The van der Waals surface area contributed by atoms with Crippen LogP contribution in [0.15, 0.2) is 24.3 Å². The lowest BCUT2D eigenvalue weighted by molar-refractivity contribution is 0.231. The number of rotatable bonds is 7. The summed E-state index contributed by atoms with van der Waals surface area (Å²) in [7, 11) is 2.25. The van der Waals surface area contributed by atoms with Gasteiger partial charge in [-0.15, -0.1) is 0 Å². The zero-order chi connectivity index (χ0) is 15.9. The molecule has 2 nitrogen and oxygen atoms in total. The fourth-order valence-electron chi connectivity index (χ4n) is 4.34. The number of benzene rings is 1. The largest absolute Gasteiger partial charge is 0.493 e. The quantitative estimate of drug-likeness (QED) is 0.697. The van der Waals surface area contributed by atoms with Crippen molar-refractivity contribution in [2.75, 3.05) is 20.2 Å². The Morgan fingerprint density at radius 1 is 1.00 bits per heavy atom. The molecule has 1 aromatic rings. The van der Waals surface area contributed by atoms with Gasteiger partial charge in [0.15, 0.2) is 0 Å². The number of aryl methyl sites for hydroxylation is 1. The molecule has 3 rings (SSSR count). The number of hydrogen-bond acceptors (Lipinski definition) is 2. The van der Waals surface area contributed by atoms with Crippen LogP contribution in [0.4, 0.5) is 0 Å². The van der Waals surface area contributed by atoms with Gasteiger partial charge in [0.05, 0.1) is 6.61 Å². The summed E-state index contributed by atoms with van der Waals surface area (Å²) in [6.45, 7) is 2.11. The zero-order valence-corrected chi connectivity index (χ0v) is 14.8. The number of para-hydroxylation sites is 1. The van der Waals surface area contributed by atoms with Crippen molar-refractivity contribution in [2.24, 2.45) is 5.92 Å². The van der Waals surface area contributed by atoms with E-state index >= 15 is 0 Å². The summed E-state index contributed by atoms with van der Waals surface area (Å²) < 4.78 is 6.16. The normalized spacial score (nSPS) is 23.3. The van der Waals surface area contributed by atoms with Crippen molar-refractivity contribution < 1.29 is 4.74 Å². The van der Waals surface area contributed by atoms with E-state index in [1.807, 2.05) is 0 Å². The maximum Gasteiger partial charge on any atom is 0.122 e. The van der Waals surface area contributed by atoms with Crippen LogP contribution >= 0.6 is 0 Å². The van der Waals surface area contributed by atoms with Crippen LogP contribution in [0.1, 0.15) is 63.4 Å². The zero-order valence-electron chi connectivity index (χ0n) is 14.8. The van der Waals surface area contributed by atoms with Gasteiger partial charge in [0.2, 0.25) is 0 Å². The molecule has 0 radical (unpaired) electrons. The molecule has 0 bridgehead atoms. The molecule has 0 N–H and O–H groups in total. The molecule has 0 amide bonds. The van der Waals surface area contributed by atoms with E-state index in [1.54, 1.807) is 0 Å². The highest BCUT2D eigenvalue weighted by Crippen LogP contribution is 2.29. The molecule has 2 heteroatoms. The minimum absolute atomic E-state index is 0.726. The first-order valence-electron chi connectivity index (χ1n) is 9.74. The lowest BCUT2D eigenvalue weighted by Crippen LogP contribution is -2.26. The Kier molecular flexibility index (Phi) is 6.38. The van der Waals surface area contributed by atoms with Gasteiger partial charge in [0, 0.05) is 6.04 Å². The fraction of sp³-hybridized carbons (Fsp3) is 0.714. The van der Waals surface area contributed by atoms with Crippen LogP contribution in [0, 0.1) is 5.92 Å². The molecule has 1 heterocycles. The van der Waals surface area contributed by atoms with Gasteiger partial charge in [-0.05, 0) is 63.2 Å². The molecule has 128 valence electrons. The highest BCUT2D eigenvalue weighted by atomic mass is 16.5. The maximum absolute atomic E-state index is 6.16. The fourth-order valence-corrected chi connectivity index (χ4v) is 4.34. The molecule has 1 saturated heterocycles. The first-order chi connectivity index (χ1) is 11.3. The van der Waals surface area contributed by atoms with E-state index in [4.69, 9.17) is 4.74 Å². The van der Waals surface area contributed by atoms with Crippen LogP contribution in [-0.2, 0) is 6.42 Å². The Bertz CT molecular complexity index is 467. The average Bonchev–Trinajstić information content (AvgIpc) is 3.00. The summed E-state index contributed by atoms with van der Waals surface area (Å²) in [6, 6.07) is 9.42. The van der Waals surface area contributed by atoms with E-state index < -0.39 is 0 Å². The van der Waals surface area contributed by atoms with Crippen molar-refractivity contribution in [3.05, 3.63) is 29.8 Å². The van der Waals surface area contributed by atoms with Crippen LogP contribution in [0.5, 0.6) is 5.75 Å². The molecular formula is C21H33NO. The van der Waals surface area contributed by atoms with Gasteiger partial charge in [-0.1, -0.05) is 50.3 Å². The highest BCUT2D eigenvalue weighted by molar-refractivity contribution is 5.33. The molecule has 23 heavy (non-hydrogen) atoms. The minimum Gasteiger partial charge on any atom is -0.493 e. The summed E-state index contributed by atoms with van der Waals surface area (Å²) in [4.78, 5) is 2.48. The van der Waals surface area contributed by atoms with E-state index in [9.17, 15) is 0 Å². The molecule has 1 aliphatic carbocycles. The minimum atomic E-state index is 0.726. The van der Waals surface area contributed by atoms with E-state index in [0.717, 1.165) is 30.7 Å². The van der Waals surface area contributed by atoms with Crippen molar-refractivity contribution in [1.82, 2.24) is 4.90 Å². The Balaban J connectivity index is 1.46. The second kappa shape index (κ2) is 8.73. The average molecular weight is 316 g/mol. The summed E-state index contributed by atoms with van der Waals surface area (Å²) >= 11 is 0. The van der Waals surface area contributed by atoms with Crippen molar-refractivity contribution in [3.8, 4) is 5.75 Å². The molecule has 0 aromatic heterocycles. The van der Waals surface area contributed by atoms with Gasteiger partial charge in [-0.3, -0.25) is 0 Å². The van der Waals surface area contributed by atoms with Crippen LogP contribution in [0.3, 0.4) is 0 Å². The third-order valence-corrected chi connectivity index (χ3v) is 5.90. The monoisotopic (exact) mass is 315 g/mol. The molecule has 1 aliphatic heterocycles. The topological polar surface area (TPSA) is 12.5 Å². The summed E-state index contributed by atoms with van der Waals surface area (Å²) in [5, 5.41) is 0. The second-order valence-corrected chi connectivity index (χ2v) is 7.56. The summed E-state index contributed by atoms with van der Waals surface area (Å²) in [6.07, 6.45) is 13.6. The number of likely N-dealkylation sites (tertiary alicyclic amines) is 1. The van der Waals surface area contributed by atoms with Crippen molar-refractivity contribution in [2.45, 2.75) is 70.3 Å². The molecule has 1 aromatic carbocycles.